The number of benzene rings is 1. The van der Waals surface area contributed by atoms with E-state index in [2.05, 4.69) is 20.2 Å². The molecule has 188 valence electrons. The fourth-order valence-electron chi connectivity index (χ4n) is 4.79. The Morgan fingerprint density at radius 3 is 2.92 bits per heavy atom. The zero-order chi connectivity index (χ0) is 25.4. The van der Waals surface area contributed by atoms with Crippen LogP contribution in [-0.2, 0) is 34.1 Å². The summed E-state index contributed by atoms with van der Waals surface area (Å²) in [4.78, 5) is 28.8. The van der Waals surface area contributed by atoms with Crippen LogP contribution in [0, 0.1) is 0 Å². The number of ether oxygens (including phenoxy) is 1. The van der Waals surface area contributed by atoms with Gasteiger partial charge in [-0.05, 0) is 60.4 Å². The normalized spacial score (nSPS) is 16.5. The number of hydrogen-bond donors (Lipinski definition) is 1. The van der Waals surface area contributed by atoms with E-state index in [-0.39, 0.29) is 41.9 Å². The van der Waals surface area contributed by atoms with E-state index in [1.165, 1.54) is 11.6 Å². The minimum Gasteiger partial charge on any atom is -0.376 e. The molecule has 5 heterocycles. The molecule has 0 saturated carbocycles. The predicted octanol–water partition coefficient (Wildman–Crippen LogP) is 3.34. The lowest BCUT2D eigenvalue weighted by Gasteiger charge is -2.30. The van der Waals surface area contributed by atoms with Gasteiger partial charge < -0.3 is 15.0 Å². The highest BCUT2D eigenvalue weighted by Gasteiger charge is 2.24. The summed E-state index contributed by atoms with van der Waals surface area (Å²) in [6.07, 6.45) is 7.50. The average Bonchev–Trinajstić information content (AvgIpc) is 3.08. The number of carbonyl (C=O) groups is 1. The van der Waals surface area contributed by atoms with Crippen molar-refractivity contribution in [3.63, 3.8) is 0 Å². The number of carbonyl (C=O) groups excluding carboxylic acids is 1. The second-order valence-electron chi connectivity index (χ2n) is 9.17. The Balaban J connectivity index is 1.22. The van der Waals surface area contributed by atoms with E-state index in [0.717, 1.165) is 41.8 Å². The van der Waals surface area contributed by atoms with Gasteiger partial charge in [0.15, 0.2) is 9.84 Å². The molecule has 0 unspecified atom stereocenters. The van der Waals surface area contributed by atoms with Crippen LogP contribution < -0.4 is 10.2 Å². The maximum atomic E-state index is 12.8. The first-order chi connectivity index (χ1) is 18.0. The van der Waals surface area contributed by atoms with E-state index in [9.17, 15) is 13.2 Å². The number of nitrogens with zero attached hydrogens (tertiary/aromatic N) is 4. The van der Waals surface area contributed by atoms with Crippen LogP contribution in [0.4, 0.5) is 11.5 Å². The maximum Gasteiger partial charge on any atom is 0.251 e. The third-order valence-corrected chi connectivity index (χ3v) is 8.49. The van der Waals surface area contributed by atoms with Gasteiger partial charge in [-0.1, -0.05) is 6.07 Å². The second-order valence-corrected chi connectivity index (χ2v) is 11.3. The molecule has 0 atom stereocenters. The van der Waals surface area contributed by atoms with Crippen molar-refractivity contribution in [2.75, 3.05) is 23.8 Å². The van der Waals surface area contributed by atoms with Gasteiger partial charge in [-0.3, -0.25) is 14.8 Å². The molecule has 9 nitrogen and oxygen atoms in total. The van der Waals surface area contributed by atoms with Gasteiger partial charge in [0.25, 0.3) is 5.91 Å². The summed E-state index contributed by atoms with van der Waals surface area (Å²) in [7, 11) is -3.49. The molecule has 37 heavy (non-hydrogen) atoms. The van der Waals surface area contributed by atoms with Gasteiger partial charge in [0, 0.05) is 41.8 Å². The van der Waals surface area contributed by atoms with Crippen molar-refractivity contribution in [1.29, 1.82) is 0 Å². The maximum absolute atomic E-state index is 12.8. The van der Waals surface area contributed by atoms with Crippen LogP contribution in [0.25, 0.3) is 10.9 Å². The summed E-state index contributed by atoms with van der Waals surface area (Å²) in [5, 5.41) is 3.75. The number of sulfone groups is 1. The number of pyridine rings is 3. The molecule has 2 aliphatic rings. The van der Waals surface area contributed by atoms with Crippen LogP contribution in [-0.4, -0.2) is 48.2 Å². The van der Waals surface area contributed by atoms with Crippen LogP contribution in [0.15, 0.2) is 66.0 Å². The third kappa shape index (κ3) is 4.65. The molecule has 0 spiro atoms. The van der Waals surface area contributed by atoms with Gasteiger partial charge in [0.05, 0.1) is 41.6 Å². The van der Waals surface area contributed by atoms with Gasteiger partial charge in [-0.15, -0.1) is 0 Å². The zero-order valence-corrected chi connectivity index (χ0v) is 20.9. The molecular formula is C27H25N5O4S. The molecule has 10 heteroatoms. The largest absolute Gasteiger partial charge is 0.376 e. The number of nitrogens with one attached hydrogen (secondary N) is 1. The standard InChI is InChI=1S/C27H25N5O4S/c33-27(18-3-4-21-17-36-10-11-37(34,35)25(21)12-18)30-16-22-13-23-19(15-29-22)5-6-26(31-23)32-9-1-2-20-14-28-8-7-24(20)32/h3-8,12-15H,1-2,9-11,16-17H2,(H,30,33). The highest BCUT2D eigenvalue weighted by Crippen LogP contribution is 2.32. The van der Waals surface area contributed by atoms with Crippen LogP contribution in [0.3, 0.4) is 0 Å². The van der Waals surface area contributed by atoms with Crippen LogP contribution in [0.1, 0.15) is 33.6 Å². The molecule has 0 radical (unpaired) electrons. The van der Waals surface area contributed by atoms with E-state index in [4.69, 9.17) is 9.72 Å². The molecule has 0 saturated heterocycles. The molecule has 1 aromatic carbocycles. The van der Waals surface area contributed by atoms with Crippen LogP contribution >= 0.6 is 0 Å². The summed E-state index contributed by atoms with van der Waals surface area (Å²) in [5.41, 5.74) is 4.64. The number of amides is 1. The Kier molecular flexibility index (Phi) is 6.05. The Hall–Kier alpha value is -3.89. The van der Waals surface area contributed by atoms with Crippen molar-refractivity contribution in [2.24, 2.45) is 0 Å². The van der Waals surface area contributed by atoms with Crippen molar-refractivity contribution < 1.29 is 17.9 Å². The summed E-state index contributed by atoms with van der Waals surface area (Å²) < 4.78 is 30.5. The highest BCUT2D eigenvalue weighted by molar-refractivity contribution is 7.91. The molecular weight excluding hydrogens is 490 g/mol. The molecule has 0 aliphatic carbocycles. The Morgan fingerprint density at radius 1 is 1.08 bits per heavy atom. The third-order valence-electron chi connectivity index (χ3n) is 6.74. The fraction of sp³-hybridized carbons (Fsp3) is 0.259. The SMILES string of the molecule is O=C(NCc1cc2nc(N3CCCc4cnccc43)ccc2cn1)c1ccc2c(c1)S(=O)(=O)CCOC2. The van der Waals surface area contributed by atoms with E-state index in [1.807, 2.05) is 30.5 Å². The molecule has 1 N–H and O–H groups in total. The van der Waals surface area contributed by atoms with E-state index in [1.54, 1.807) is 24.5 Å². The number of anilines is 2. The van der Waals surface area contributed by atoms with Gasteiger partial charge in [-0.2, -0.15) is 0 Å². The summed E-state index contributed by atoms with van der Waals surface area (Å²) in [5.74, 6) is 0.391. The minimum absolute atomic E-state index is 0.0963. The Morgan fingerprint density at radius 2 is 2.00 bits per heavy atom. The lowest BCUT2D eigenvalue weighted by molar-refractivity contribution is 0.0950. The van der Waals surface area contributed by atoms with Crippen molar-refractivity contribution in [1.82, 2.24) is 20.3 Å². The molecule has 4 aromatic rings. The number of rotatable bonds is 4. The highest BCUT2D eigenvalue weighted by atomic mass is 32.2. The average molecular weight is 516 g/mol. The molecule has 0 fully saturated rings. The number of aromatic nitrogens is 3. The number of fused-ring (bicyclic) bond motifs is 3. The van der Waals surface area contributed by atoms with Gasteiger partial charge in [0.2, 0.25) is 0 Å². The Bertz CT molecular complexity index is 1620. The van der Waals surface area contributed by atoms with E-state index >= 15 is 0 Å². The minimum atomic E-state index is -3.49. The monoisotopic (exact) mass is 515 g/mol. The number of hydrogen-bond acceptors (Lipinski definition) is 8. The van der Waals surface area contributed by atoms with Crippen LogP contribution in [0.5, 0.6) is 0 Å². The first-order valence-corrected chi connectivity index (χ1v) is 13.8. The van der Waals surface area contributed by atoms with Crippen molar-refractivity contribution in [2.45, 2.75) is 30.9 Å². The summed E-state index contributed by atoms with van der Waals surface area (Å²) >= 11 is 0. The van der Waals surface area contributed by atoms with Crippen molar-refractivity contribution in [3.8, 4) is 0 Å². The second kappa shape index (κ2) is 9.53. The van der Waals surface area contributed by atoms with Crippen molar-refractivity contribution in [3.05, 3.63) is 83.4 Å². The first kappa shape index (κ1) is 23.5. The molecule has 1 amide bonds. The number of aryl methyl sites for hydroxylation is 1. The summed E-state index contributed by atoms with van der Waals surface area (Å²) in [6, 6.07) is 12.6. The molecule has 3 aromatic heterocycles. The van der Waals surface area contributed by atoms with Crippen LogP contribution in [0.2, 0.25) is 0 Å². The van der Waals surface area contributed by atoms with Gasteiger partial charge in [0.1, 0.15) is 5.82 Å². The lowest BCUT2D eigenvalue weighted by atomic mass is 10.0. The molecule has 6 rings (SSSR count). The molecule has 0 bridgehead atoms. The molecule has 2 aliphatic heterocycles. The Labute approximate surface area is 214 Å². The predicted molar refractivity (Wildman–Crippen MR) is 138 cm³/mol. The topological polar surface area (TPSA) is 114 Å². The van der Waals surface area contributed by atoms with Crippen molar-refractivity contribution >= 4 is 38.2 Å². The summed E-state index contributed by atoms with van der Waals surface area (Å²) in [6.45, 7) is 1.42. The van der Waals surface area contributed by atoms with E-state index in [0.29, 0.717) is 11.3 Å². The quantitative estimate of drug-likeness (QED) is 0.440. The van der Waals surface area contributed by atoms with E-state index < -0.39 is 9.84 Å². The fourth-order valence-corrected chi connectivity index (χ4v) is 6.18. The first-order valence-electron chi connectivity index (χ1n) is 12.2. The van der Waals surface area contributed by atoms with Gasteiger partial charge >= 0.3 is 0 Å². The zero-order valence-electron chi connectivity index (χ0n) is 20.1. The van der Waals surface area contributed by atoms with Gasteiger partial charge in [-0.25, -0.2) is 13.4 Å². The smallest absolute Gasteiger partial charge is 0.251 e. The lowest BCUT2D eigenvalue weighted by Crippen LogP contribution is -2.25.